The molecule has 3 aromatic rings. The van der Waals surface area contributed by atoms with Crippen LogP contribution in [0.4, 0.5) is 0 Å². The molecule has 4 rings (SSSR count). The lowest BCUT2D eigenvalue weighted by atomic mass is 10.1. The van der Waals surface area contributed by atoms with Crippen LogP contribution in [0.25, 0.3) is 6.08 Å². The number of fused-ring (bicyclic) bond motifs is 1. The van der Waals surface area contributed by atoms with Crippen LogP contribution in [-0.4, -0.2) is 32.4 Å². The molecule has 0 radical (unpaired) electrons. The lowest BCUT2D eigenvalue weighted by Gasteiger charge is -2.10. The van der Waals surface area contributed by atoms with E-state index in [4.69, 9.17) is 30.5 Å². The molecule has 162 valence electrons. The van der Waals surface area contributed by atoms with Gasteiger partial charge in [0.05, 0.1) is 19.8 Å². The Hall–Kier alpha value is -3.77. The van der Waals surface area contributed by atoms with Gasteiger partial charge in [0, 0.05) is 22.2 Å². The Labute approximate surface area is 189 Å². The molecule has 0 fully saturated rings. The Kier molecular flexibility index (Phi) is 6.14. The molecule has 0 N–H and O–H groups in total. The Morgan fingerprint density at radius 2 is 1.81 bits per heavy atom. The van der Waals surface area contributed by atoms with Crippen LogP contribution in [-0.2, 0) is 0 Å². The highest BCUT2D eigenvalue weighted by Gasteiger charge is 2.28. The number of para-hydroxylation sites is 1. The van der Waals surface area contributed by atoms with Crippen LogP contribution >= 0.6 is 11.6 Å². The van der Waals surface area contributed by atoms with Crippen molar-refractivity contribution in [1.29, 1.82) is 0 Å². The van der Waals surface area contributed by atoms with Gasteiger partial charge < -0.3 is 18.9 Å². The summed E-state index contributed by atoms with van der Waals surface area (Å²) in [5.74, 6) is 1.53. The third-order valence-corrected chi connectivity index (χ3v) is 5.15. The van der Waals surface area contributed by atoms with Crippen LogP contribution in [0.1, 0.15) is 26.3 Å². The molecule has 7 heteroatoms. The monoisotopic (exact) mass is 450 g/mol. The first-order chi connectivity index (χ1) is 15.5. The second-order valence-electron chi connectivity index (χ2n) is 6.90. The summed E-state index contributed by atoms with van der Waals surface area (Å²) in [5.41, 5.74) is 1.56. The van der Waals surface area contributed by atoms with Gasteiger partial charge in [-0.15, -0.1) is 0 Å². The van der Waals surface area contributed by atoms with Gasteiger partial charge in [-0.2, -0.15) is 0 Å². The standard InChI is InChI=1S/C25H19ClO6/c1-29-21-5-3-4-16(25(21)30-2)12-23-24(28)19-11-10-18(13-22(19)32-23)31-14-20(27)15-6-8-17(26)9-7-15/h3-13H,14H2,1-2H3/b23-12-. The fourth-order valence-corrected chi connectivity index (χ4v) is 3.42. The predicted molar refractivity (Wildman–Crippen MR) is 120 cm³/mol. The van der Waals surface area contributed by atoms with Crippen LogP contribution in [0.3, 0.4) is 0 Å². The summed E-state index contributed by atoms with van der Waals surface area (Å²) in [6.07, 6.45) is 1.61. The maximum atomic E-state index is 12.8. The molecule has 1 heterocycles. The number of rotatable bonds is 7. The minimum Gasteiger partial charge on any atom is -0.493 e. The number of ketones is 2. The fourth-order valence-electron chi connectivity index (χ4n) is 3.29. The van der Waals surface area contributed by atoms with E-state index in [9.17, 15) is 9.59 Å². The second kappa shape index (κ2) is 9.16. The number of Topliss-reactive ketones (excluding diaryl/α,β-unsaturated/α-hetero) is 2. The number of carbonyl (C=O) groups excluding carboxylic acids is 2. The number of methoxy groups -OCH3 is 2. The predicted octanol–water partition coefficient (Wildman–Crippen LogP) is 5.24. The Bertz CT molecular complexity index is 1210. The normalized spacial score (nSPS) is 13.5. The second-order valence-corrected chi connectivity index (χ2v) is 7.34. The number of hydrogen-bond acceptors (Lipinski definition) is 6. The van der Waals surface area contributed by atoms with Crippen LogP contribution in [0.5, 0.6) is 23.0 Å². The van der Waals surface area contributed by atoms with Crippen LogP contribution in [0.2, 0.25) is 5.02 Å². The molecule has 0 spiro atoms. The number of benzene rings is 3. The van der Waals surface area contributed by atoms with E-state index in [1.807, 2.05) is 0 Å². The van der Waals surface area contributed by atoms with E-state index in [-0.39, 0.29) is 23.9 Å². The first-order valence-corrected chi connectivity index (χ1v) is 10.1. The SMILES string of the molecule is COc1cccc(/C=C2\Oc3cc(OCC(=O)c4ccc(Cl)cc4)ccc3C2=O)c1OC. The summed E-state index contributed by atoms with van der Waals surface area (Å²) in [4.78, 5) is 25.1. The van der Waals surface area contributed by atoms with Crippen molar-refractivity contribution in [3.8, 4) is 23.0 Å². The molecule has 1 aliphatic heterocycles. The molecule has 0 aromatic heterocycles. The average molecular weight is 451 g/mol. The minimum atomic E-state index is -0.256. The van der Waals surface area contributed by atoms with Crippen LogP contribution in [0.15, 0.2) is 66.4 Å². The van der Waals surface area contributed by atoms with Gasteiger partial charge in [-0.3, -0.25) is 9.59 Å². The van der Waals surface area contributed by atoms with Crippen LogP contribution < -0.4 is 18.9 Å². The highest BCUT2D eigenvalue weighted by Crippen LogP contribution is 2.37. The fraction of sp³-hybridized carbons (Fsp3) is 0.120. The molecular weight excluding hydrogens is 432 g/mol. The van der Waals surface area contributed by atoms with E-state index in [0.717, 1.165) is 0 Å². The summed E-state index contributed by atoms with van der Waals surface area (Å²) in [5, 5.41) is 0.554. The highest BCUT2D eigenvalue weighted by molar-refractivity contribution is 6.30. The number of hydrogen-bond donors (Lipinski definition) is 0. The molecule has 3 aromatic carbocycles. The van der Waals surface area contributed by atoms with Crippen molar-refractivity contribution in [1.82, 2.24) is 0 Å². The van der Waals surface area contributed by atoms with Crippen molar-refractivity contribution in [2.24, 2.45) is 0 Å². The number of ether oxygens (including phenoxy) is 4. The molecule has 0 bridgehead atoms. The van der Waals surface area contributed by atoms with Gasteiger partial charge in [0.2, 0.25) is 5.78 Å². The maximum absolute atomic E-state index is 12.8. The van der Waals surface area contributed by atoms with Gasteiger partial charge >= 0.3 is 0 Å². The zero-order valence-electron chi connectivity index (χ0n) is 17.4. The molecule has 32 heavy (non-hydrogen) atoms. The molecule has 6 nitrogen and oxygen atoms in total. The maximum Gasteiger partial charge on any atom is 0.231 e. The van der Waals surface area contributed by atoms with Gasteiger partial charge in [0.15, 0.2) is 29.6 Å². The van der Waals surface area contributed by atoms with E-state index in [1.54, 1.807) is 73.8 Å². The smallest absolute Gasteiger partial charge is 0.231 e. The summed E-state index contributed by atoms with van der Waals surface area (Å²) in [6, 6.07) is 16.8. The summed E-state index contributed by atoms with van der Waals surface area (Å²) in [6.45, 7) is -0.155. The average Bonchev–Trinajstić information content (AvgIpc) is 3.12. The van der Waals surface area contributed by atoms with Gasteiger partial charge in [0.25, 0.3) is 0 Å². The van der Waals surface area contributed by atoms with Crippen molar-refractivity contribution >= 4 is 29.2 Å². The van der Waals surface area contributed by atoms with Crippen molar-refractivity contribution in [3.63, 3.8) is 0 Å². The van der Waals surface area contributed by atoms with Crippen LogP contribution in [0, 0.1) is 0 Å². The zero-order chi connectivity index (χ0) is 22.7. The third-order valence-electron chi connectivity index (χ3n) is 4.90. The zero-order valence-corrected chi connectivity index (χ0v) is 18.1. The molecule has 0 saturated heterocycles. The Morgan fingerprint density at radius 3 is 2.53 bits per heavy atom. The molecule has 0 amide bonds. The topological polar surface area (TPSA) is 71.1 Å². The largest absolute Gasteiger partial charge is 0.493 e. The molecule has 0 aliphatic carbocycles. The number of halogens is 1. The molecular formula is C25H19ClO6. The first kappa shape index (κ1) is 21.5. The molecule has 1 aliphatic rings. The Morgan fingerprint density at radius 1 is 1.03 bits per heavy atom. The molecule has 0 unspecified atom stereocenters. The lowest BCUT2D eigenvalue weighted by Crippen LogP contribution is -2.11. The Balaban J connectivity index is 1.51. The minimum absolute atomic E-state index is 0.154. The van der Waals surface area contributed by atoms with E-state index in [2.05, 4.69) is 0 Å². The van der Waals surface area contributed by atoms with Crippen molar-refractivity contribution < 1.29 is 28.5 Å². The quantitative estimate of drug-likeness (QED) is 0.362. The van der Waals surface area contributed by atoms with Crippen molar-refractivity contribution in [2.75, 3.05) is 20.8 Å². The van der Waals surface area contributed by atoms with Gasteiger partial charge in [-0.1, -0.05) is 23.7 Å². The highest BCUT2D eigenvalue weighted by atomic mass is 35.5. The van der Waals surface area contributed by atoms with Crippen molar-refractivity contribution in [2.45, 2.75) is 0 Å². The number of allylic oxidation sites excluding steroid dienone is 1. The third kappa shape index (κ3) is 4.31. The summed E-state index contributed by atoms with van der Waals surface area (Å²) >= 11 is 5.85. The molecule has 0 saturated carbocycles. The van der Waals surface area contributed by atoms with Gasteiger partial charge in [-0.25, -0.2) is 0 Å². The first-order valence-electron chi connectivity index (χ1n) is 9.71. The summed E-state index contributed by atoms with van der Waals surface area (Å²) < 4.78 is 22.1. The van der Waals surface area contributed by atoms with E-state index in [0.29, 0.717) is 44.7 Å². The van der Waals surface area contributed by atoms with Gasteiger partial charge in [-0.05, 0) is 48.5 Å². The molecule has 0 atom stereocenters. The number of carbonyl (C=O) groups is 2. The van der Waals surface area contributed by atoms with E-state index in [1.165, 1.54) is 7.11 Å². The lowest BCUT2D eigenvalue weighted by molar-refractivity contribution is 0.0921. The van der Waals surface area contributed by atoms with Gasteiger partial charge in [0.1, 0.15) is 11.5 Å². The van der Waals surface area contributed by atoms with E-state index < -0.39 is 0 Å². The van der Waals surface area contributed by atoms with E-state index >= 15 is 0 Å². The summed E-state index contributed by atoms with van der Waals surface area (Å²) in [7, 11) is 3.07. The van der Waals surface area contributed by atoms with Crippen molar-refractivity contribution in [3.05, 3.63) is 88.1 Å².